The number of nitrogens with zero attached hydrogens (tertiary/aromatic N) is 4. The van der Waals surface area contributed by atoms with Gasteiger partial charge in [0.15, 0.2) is 5.69 Å². The van der Waals surface area contributed by atoms with Gasteiger partial charge in [0.1, 0.15) is 0 Å². The summed E-state index contributed by atoms with van der Waals surface area (Å²) >= 11 is 0. The number of nitro groups is 1. The molecule has 1 aliphatic carbocycles. The predicted octanol–water partition coefficient (Wildman–Crippen LogP) is 2.53. The lowest BCUT2D eigenvalue weighted by molar-refractivity contribution is -0.384. The summed E-state index contributed by atoms with van der Waals surface area (Å²) < 4.78 is 1.44. The van der Waals surface area contributed by atoms with Gasteiger partial charge in [0.25, 0.3) is 11.6 Å². The maximum atomic E-state index is 12.4. The van der Waals surface area contributed by atoms with Gasteiger partial charge in [0.2, 0.25) is 0 Å². The van der Waals surface area contributed by atoms with Gasteiger partial charge in [-0.15, -0.1) is 5.10 Å². The molecular weight excluding hydrogens is 360 g/mol. The van der Waals surface area contributed by atoms with Crippen LogP contribution in [-0.4, -0.2) is 45.0 Å². The Hall–Kier alpha value is -2.81. The number of carbonyl (C=O) groups excluding carboxylic acids is 1. The van der Waals surface area contributed by atoms with Gasteiger partial charge in [-0.3, -0.25) is 14.9 Å². The monoisotopic (exact) mass is 386 g/mol. The molecule has 9 nitrogen and oxygen atoms in total. The number of amides is 1. The van der Waals surface area contributed by atoms with Crippen LogP contribution in [0.1, 0.15) is 54.7 Å². The summed E-state index contributed by atoms with van der Waals surface area (Å²) in [5.41, 5.74) is 1.21. The van der Waals surface area contributed by atoms with Crippen molar-refractivity contribution in [1.82, 2.24) is 25.6 Å². The van der Waals surface area contributed by atoms with Crippen molar-refractivity contribution in [2.45, 2.75) is 51.5 Å². The molecule has 0 radical (unpaired) electrons. The summed E-state index contributed by atoms with van der Waals surface area (Å²) in [6.45, 7) is 2.95. The summed E-state index contributed by atoms with van der Waals surface area (Å²) in [6.07, 6.45) is 7.56. The molecule has 3 rings (SSSR count). The lowest BCUT2D eigenvalue weighted by atomic mass is 10.1. The summed E-state index contributed by atoms with van der Waals surface area (Å²) in [5.74, 6) is -0.295. The van der Waals surface area contributed by atoms with Crippen LogP contribution in [0.25, 0.3) is 5.69 Å². The molecule has 0 spiro atoms. The number of benzene rings is 1. The lowest BCUT2D eigenvalue weighted by Gasteiger charge is -2.16. The average molecular weight is 386 g/mol. The van der Waals surface area contributed by atoms with Gasteiger partial charge in [-0.05, 0) is 25.8 Å². The third-order valence-corrected chi connectivity index (χ3v) is 5.09. The van der Waals surface area contributed by atoms with Crippen LogP contribution in [0.5, 0.6) is 0 Å². The molecule has 0 unspecified atom stereocenters. The van der Waals surface area contributed by atoms with Crippen LogP contribution >= 0.6 is 0 Å². The van der Waals surface area contributed by atoms with E-state index in [4.69, 9.17) is 0 Å². The summed E-state index contributed by atoms with van der Waals surface area (Å²) in [4.78, 5) is 22.9. The zero-order chi connectivity index (χ0) is 19.9. The number of nitro benzene ring substituents is 1. The van der Waals surface area contributed by atoms with Crippen LogP contribution in [0.2, 0.25) is 0 Å². The van der Waals surface area contributed by atoms with E-state index in [9.17, 15) is 14.9 Å². The second kappa shape index (κ2) is 9.41. The Morgan fingerprint density at radius 3 is 2.71 bits per heavy atom. The number of non-ortho nitro benzene ring substituents is 1. The molecule has 1 aliphatic rings. The molecule has 150 valence electrons. The first-order valence-electron chi connectivity index (χ1n) is 9.75. The molecule has 1 fully saturated rings. The molecule has 1 aromatic carbocycles. The second-order valence-electron chi connectivity index (χ2n) is 7.11. The lowest BCUT2D eigenvalue weighted by Crippen LogP contribution is -2.37. The van der Waals surface area contributed by atoms with Crippen molar-refractivity contribution in [1.29, 1.82) is 0 Å². The fourth-order valence-electron chi connectivity index (χ4n) is 3.54. The predicted molar refractivity (Wildman–Crippen MR) is 105 cm³/mol. The zero-order valence-electron chi connectivity index (χ0n) is 16.1. The maximum Gasteiger partial charge on any atom is 0.273 e. The van der Waals surface area contributed by atoms with Crippen molar-refractivity contribution in [2.75, 3.05) is 13.1 Å². The molecule has 28 heavy (non-hydrogen) atoms. The highest BCUT2D eigenvalue weighted by Crippen LogP contribution is 2.18. The van der Waals surface area contributed by atoms with Crippen molar-refractivity contribution in [2.24, 2.45) is 0 Å². The topological polar surface area (TPSA) is 115 Å². The first kappa shape index (κ1) is 19.9. The van der Waals surface area contributed by atoms with E-state index in [1.165, 1.54) is 55.3 Å². The van der Waals surface area contributed by atoms with Crippen LogP contribution in [0.4, 0.5) is 5.69 Å². The van der Waals surface area contributed by atoms with Crippen molar-refractivity contribution >= 4 is 11.6 Å². The molecular formula is C19H26N6O3. The van der Waals surface area contributed by atoms with Gasteiger partial charge in [-0.25, -0.2) is 4.68 Å². The van der Waals surface area contributed by atoms with Crippen LogP contribution in [0.15, 0.2) is 24.3 Å². The number of nitrogens with one attached hydrogen (secondary N) is 2. The number of hydrogen-bond acceptors (Lipinski definition) is 6. The SMILES string of the molecule is Cc1c(C(=O)NCCNC2CCCCCC2)nnn1-c1cccc([N+](=O)[O-])c1. The molecule has 0 saturated heterocycles. The van der Waals surface area contributed by atoms with Crippen molar-refractivity contribution in [3.8, 4) is 5.69 Å². The van der Waals surface area contributed by atoms with E-state index in [0.717, 1.165) is 0 Å². The molecule has 1 aromatic heterocycles. The minimum absolute atomic E-state index is 0.0389. The third kappa shape index (κ3) is 4.92. The van der Waals surface area contributed by atoms with E-state index in [1.807, 2.05) is 0 Å². The zero-order valence-corrected chi connectivity index (χ0v) is 16.1. The largest absolute Gasteiger partial charge is 0.349 e. The van der Waals surface area contributed by atoms with Gasteiger partial charge in [0, 0.05) is 31.3 Å². The van der Waals surface area contributed by atoms with Crippen molar-refractivity contribution in [3.05, 3.63) is 45.8 Å². The maximum absolute atomic E-state index is 12.4. The van der Waals surface area contributed by atoms with E-state index in [2.05, 4.69) is 20.9 Å². The minimum Gasteiger partial charge on any atom is -0.349 e. The van der Waals surface area contributed by atoms with Gasteiger partial charge >= 0.3 is 0 Å². The Bertz CT molecular complexity index is 827. The number of hydrogen-bond donors (Lipinski definition) is 2. The van der Waals surface area contributed by atoms with E-state index >= 15 is 0 Å². The van der Waals surface area contributed by atoms with E-state index in [-0.39, 0.29) is 17.3 Å². The summed E-state index contributed by atoms with van der Waals surface area (Å²) in [7, 11) is 0. The molecule has 9 heteroatoms. The molecule has 2 aromatic rings. The quantitative estimate of drug-likeness (QED) is 0.327. The number of rotatable bonds is 7. The van der Waals surface area contributed by atoms with Gasteiger partial charge in [-0.2, -0.15) is 0 Å². The van der Waals surface area contributed by atoms with Crippen LogP contribution in [0, 0.1) is 17.0 Å². The van der Waals surface area contributed by atoms with Gasteiger partial charge in [0.05, 0.1) is 16.3 Å². The fraction of sp³-hybridized carbons (Fsp3) is 0.526. The number of aromatic nitrogens is 3. The van der Waals surface area contributed by atoms with E-state index in [0.29, 0.717) is 30.5 Å². The van der Waals surface area contributed by atoms with Crippen molar-refractivity contribution < 1.29 is 9.72 Å². The first-order chi connectivity index (χ1) is 13.6. The smallest absolute Gasteiger partial charge is 0.273 e. The molecule has 2 N–H and O–H groups in total. The molecule has 1 heterocycles. The number of carbonyl (C=O) groups is 1. The first-order valence-corrected chi connectivity index (χ1v) is 9.75. The molecule has 1 amide bonds. The van der Waals surface area contributed by atoms with Crippen LogP contribution in [0.3, 0.4) is 0 Å². The summed E-state index contributed by atoms with van der Waals surface area (Å²) in [6, 6.07) is 6.61. The molecule has 0 bridgehead atoms. The Balaban J connectivity index is 1.56. The Kier molecular flexibility index (Phi) is 6.70. The van der Waals surface area contributed by atoms with Crippen LogP contribution < -0.4 is 10.6 Å². The molecule has 0 atom stereocenters. The molecule has 0 aliphatic heterocycles. The second-order valence-corrected chi connectivity index (χ2v) is 7.11. The standard InChI is InChI=1S/C19H26N6O3/c1-14-18(19(26)21-12-11-20-15-7-4-2-3-5-8-15)22-23-24(14)16-9-6-10-17(13-16)25(27)28/h6,9-10,13,15,20H,2-5,7-8,11-12H2,1H3,(H,21,26). The van der Waals surface area contributed by atoms with Gasteiger partial charge in [-0.1, -0.05) is 37.0 Å². The highest BCUT2D eigenvalue weighted by molar-refractivity contribution is 5.93. The van der Waals surface area contributed by atoms with Crippen LogP contribution in [-0.2, 0) is 0 Å². The molecule has 1 saturated carbocycles. The Morgan fingerprint density at radius 1 is 1.25 bits per heavy atom. The van der Waals surface area contributed by atoms with Gasteiger partial charge < -0.3 is 10.6 Å². The fourth-order valence-corrected chi connectivity index (χ4v) is 3.54. The minimum atomic E-state index is -0.468. The van der Waals surface area contributed by atoms with E-state index < -0.39 is 4.92 Å². The van der Waals surface area contributed by atoms with Crippen molar-refractivity contribution in [3.63, 3.8) is 0 Å². The summed E-state index contributed by atoms with van der Waals surface area (Å²) in [5, 5.41) is 25.3. The average Bonchev–Trinajstić information content (AvgIpc) is 2.90. The Morgan fingerprint density at radius 2 is 2.00 bits per heavy atom. The Labute approximate surface area is 163 Å². The highest BCUT2D eigenvalue weighted by atomic mass is 16.6. The normalized spacial score (nSPS) is 15.2. The highest BCUT2D eigenvalue weighted by Gasteiger charge is 2.18. The third-order valence-electron chi connectivity index (χ3n) is 5.09. The van der Waals surface area contributed by atoms with E-state index in [1.54, 1.807) is 19.1 Å².